The maximum atomic E-state index is 3.73. The molecular formula is C13H28N2. The van der Waals surface area contributed by atoms with Gasteiger partial charge in [-0.15, -0.1) is 0 Å². The molecule has 0 aliphatic heterocycles. The predicted molar refractivity (Wildman–Crippen MR) is 73.1 cm³/mol. The van der Waals surface area contributed by atoms with Gasteiger partial charge in [-0.05, 0) is 32.2 Å². The van der Waals surface area contributed by atoms with Crippen LogP contribution in [0.25, 0.3) is 0 Å². The van der Waals surface area contributed by atoms with E-state index in [2.05, 4.69) is 30.7 Å². The Bertz CT molecular complexity index is 167. The zero-order chi connectivity index (χ0) is 12.7. The molecule has 0 aliphatic rings. The zero-order valence-electron chi connectivity index (χ0n) is 11.3. The van der Waals surface area contributed by atoms with E-state index in [1.807, 2.05) is 40.9 Å². The van der Waals surface area contributed by atoms with Crippen LogP contribution in [0.1, 0.15) is 27.7 Å². The summed E-state index contributed by atoms with van der Waals surface area (Å²) in [4.78, 5) is 0. The molecule has 15 heavy (non-hydrogen) atoms. The average Bonchev–Trinajstić information content (AvgIpc) is 2.31. The van der Waals surface area contributed by atoms with Crippen LogP contribution in [0.15, 0.2) is 36.6 Å². The van der Waals surface area contributed by atoms with Crippen LogP contribution in [0.2, 0.25) is 0 Å². The van der Waals surface area contributed by atoms with Crippen LogP contribution in [-0.2, 0) is 0 Å². The lowest BCUT2D eigenvalue weighted by molar-refractivity contribution is 0.864. The number of nitrogens with one attached hydrogen (secondary N) is 2. The fraction of sp³-hybridized carbons (Fsp3) is 0.538. The largest absolute Gasteiger partial charge is 0.389 e. The van der Waals surface area contributed by atoms with Crippen molar-refractivity contribution in [2.45, 2.75) is 27.7 Å². The van der Waals surface area contributed by atoms with Gasteiger partial charge in [-0.25, -0.2) is 0 Å². The minimum Gasteiger partial charge on any atom is -0.389 e. The van der Waals surface area contributed by atoms with Gasteiger partial charge >= 0.3 is 0 Å². The fourth-order valence-corrected chi connectivity index (χ4v) is 0.406. The van der Waals surface area contributed by atoms with Gasteiger partial charge in [-0.1, -0.05) is 40.0 Å². The van der Waals surface area contributed by atoms with E-state index in [0.717, 1.165) is 17.8 Å². The average molecular weight is 212 g/mol. The molecule has 0 aromatic carbocycles. The van der Waals surface area contributed by atoms with Crippen LogP contribution < -0.4 is 10.6 Å². The molecular weight excluding hydrogens is 184 g/mol. The van der Waals surface area contributed by atoms with Crippen LogP contribution in [0.3, 0.4) is 0 Å². The summed E-state index contributed by atoms with van der Waals surface area (Å²) in [6, 6.07) is 0. The van der Waals surface area contributed by atoms with Crippen molar-refractivity contribution in [3.8, 4) is 0 Å². The highest BCUT2D eigenvalue weighted by Crippen LogP contribution is 1.96. The highest BCUT2D eigenvalue weighted by molar-refractivity contribution is 5.24. The fourth-order valence-electron chi connectivity index (χ4n) is 0.406. The quantitative estimate of drug-likeness (QED) is 0.700. The third kappa shape index (κ3) is 24.6. The Morgan fingerprint density at radius 1 is 1.27 bits per heavy atom. The molecule has 0 atom stereocenters. The lowest BCUT2D eigenvalue weighted by Crippen LogP contribution is -2.01. The van der Waals surface area contributed by atoms with E-state index >= 15 is 0 Å². The molecule has 0 rings (SSSR count). The zero-order valence-corrected chi connectivity index (χ0v) is 11.3. The minimum absolute atomic E-state index is 0.910. The Morgan fingerprint density at radius 2 is 1.67 bits per heavy atom. The standard InChI is InChI=1S/C8H13N.C3H9N.C2H6/c1-5-7(2)6-8(3)9-4;1-3-4-2;1-2/h5-6,9H,1,3H2,2,4H3;4H,3H2,1-2H3;1-2H3/b7-6-;;. The summed E-state index contributed by atoms with van der Waals surface area (Å²) >= 11 is 0. The molecule has 0 aromatic heterocycles. The van der Waals surface area contributed by atoms with Gasteiger partial charge in [0.2, 0.25) is 0 Å². The molecule has 2 heteroatoms. The highest BCUT2D eigenvalue weighted by atomic mass is 14.8. The monoisotopic (exact) mass is 212 g/mol. The van der Waals surface area contributed by atoms with Crippen LogP contribution in [0, 0.1) is 0 Å². The topological polar surface area (TPSA) is 24.1 Å². The lowest BCUT2D eigenvalue weighted by atomic mass is 10.2. The smallest absolute Gasteiger partial charge is 0.0267 e. The SMILES string of the molecule is C=C/C(C)=C\C(=C)NC.CC.CCNC. The summed E-state index contributed by atoms with van der Waals surface area (Å²) in [5.74, 6) is 0. The first kappa shape index (κ1) is 19.5. The molecule has 0 amide bonds. The maximum absolute atomic E-state index is 3.73. The highest BCUT2D eigenvalue weighted by Gasteiger charge is 1.81. The van der Waals surface area contributed by atoms with Crippen molar-refractivity contribution in [1.82, 2.24) is 10.6 Å². The summed E-state index contributed by atoms with van der Waals surface area (Å²) in [7, 11) is 3.77. The van der Waals surface area contributed by atoms with E-state index in [-0.39, 0.29) is 0 Å². The van der Waals surface area contributed by atoms with E-state index in [1.165, 1.54) is 0 Å². The van der Waals surface area contributed by atoms with Crippen LogP contribution in [0.4, 0.5) is 0 Å². The van der Waals surface area contributed by atoms with Crippen LogP contribution in [0.5, 0.6) is 0 Å². The summed E-state index contributed by atoms with van der Waals surface area (Å²) in [5, 5.41) is 5.84. The van der Waals surface area contributed by atoms with Crippen molar-refractivity contribution in [2.24, 2.45) is 0 Å². The van der Waals surface area contributed by atoms with Gasteiger partial charge in [-0.2, -0.15) is 0 Å². The van der Waals surface area contributed by atoms with Crippen molar-refractivity contribution < 1.29 is 0 Å². The third-order valence-electron chi connectivity index (χ3n) is 1.40. The lowest BCUT2D eigenvalue weighted by Gasteiger charge is -1.96. The van der Waals surface area contributed by atoms with Crippen molar-refractivity contribution >= 4 is 0 Å². The van der Waals surface area contributed by atoms with Crippen molar-refractivity contribution in [1.29, 1.82) is 0 Å². The van der Waals surface area contributed by atoms with Gasteiger partial charge in [0.05, 0.1) is 0 Å². The Kier molecular flexibility index (Phi) is 24.4. The Hall–Kier alpha value is -1.02. The molecule has 0 unspecified atom stereocenters. The maximum Gasteiger partial charge on any atom is 0.0267 e. The van der Waals surface area contributed by atoms with Gasteiger partial charge in [0.1, 0.15) is 0 Å². The molecule has 90 valence electrons. The molecule has 0 aliphatic carbocycles. The molecule has 0 saturated carbocycles. The van der Waals surface area contributed by atoms with Gasteiger partial charge in [0, 0.05) is 12.7 Å². The molecule has 0 heterocycles. The number of hydrogen-bond acceptors (Lipinski definition) is 2. The first-order valence-electron chi connectivity index (χ1n) is 5.44. The molecule has 0 fully saturated rings. The van der Waals surface area contributed by atoms with Gasteiger partial charge in [-0.3, -0.25) is 0 Å². The van der Waals surface area contributed by atoms with E-state index in [4.69, 9.17) is 0 Å². The van der Waals surface area contributed by atoms with Gasteiger partial charge in [0.15, 0.2) is 0 Å². The first-order chi connectivity index (χ1) is 7.12. The normalized spacial score (nSPS) is 8.80. The van der Waals surface area contributed by atoms with Crippen molar-refractivity contribution in [3.05, 3.63) is 36.6 Å². The van der Waals surface area contributed by atoms with Crippen LogP contribution >= 0.6 is 0 Å². The van der Waals surface area contributed by atoms with Crippen molar-refractivity contribution in [2.75, 3.05) is 20.6 Å². The molecule has 0 radical (unpaired) electrons. The number of likely N-dealkylation sites (N-methyl/N-ethyl adjacent to an activating group) is 1. The van der Waals surface area contributed by atoms with E-state index in [1.54, 1.807) is 6.08 Å². The minimum atomic E-state index is 0.910. The number of allylic oxidation sites excluding steroid dienone is 3. The van der Waals surface area contributed by atoms with E-state index in [0.29, 0.717) is 0 Å². The summed E-state index contributed by atoms with van der Waals surface area (Å²) < 4.78 is 0. The van der Waals surface area contributed by atoms with Gasteiger partial charge < -0.3 is 10.6 Å². The summed E-state index contributed by atoms with van der Waals surface area (Å²) in [6.45, 7) is 16.5. The molecule has 2 nitrogen and oxygen atoms in total. The summed E-state index contributed by atoms with van der Waals surface area (Å²) in [6.07, 6.45) is 3.73. The first-order valence-corrected chi connectivity index (χ1v) is 5.44. The molecule has 0 saturated heterocycles. The Morgan fingerprint density at radius 3 is 1.87 bits per heavy atom. The van der Waals surface area contributed by atoms with Crippen LogP contribution in [-0.4, -0.2) is 20.6 Å². The summed E-state index contributed by atoms with van der Waals surface area (Å²) in [5.41, 5.74) is 2.03. The second-order valence-corrected chi connectivity index (χ2v) is 2.57. The second kappa shape index (κ2) is 18.7. The van der Waals surface area contributed by atoms with E-state index < -0.39 is 0 Å². The van der Waals surface area contributed by atoms with Crippen molar-refractivity contribution in [3.63, 3.8) is 0 Å². The molecule has 0 aromatic rings. The Labute approximate surface area is 96.2 Å². The predicted octanol–water partition coefficient (Wildman–Crippen LogP) is 3.10. The molecule has 2 N–H and O–H groups in total. The molecule has 0 spiro atoms. The third-order valence-corrected chi connectivity index (χ3v) is 1.40. The molecule has 0 bridgehead atoms. The number of hydrogen-bond donors (Lipinski definition) is 2. The second-order valence-electron chi connectivity index (χ2n) is 2.57. The number of rotatable bonds is 4. The Balaban J connectivity index is -0.000000202. The van der Waals surface area contributed by atoms with E-state index in [9.17, 15) is 0 Å². The van der Waals surface area contributed by atoms with Gasteiger partial charge in [0.25, 0.3) is 0 Å².